The van der Waals surface area contributed by atoms with Crippen molar-refractivity contribution in [3.63, 3.8) is 0 Å². The first-order chi connectivity index (χ1) is 7.95. The molecular weight excluding hydrogens is 286 g/mol. The summed E-state index contributed by atoms with van der Waals surface area (Å²) in [5.41, 5.74) is 0. The standard InChI is InChI=1S/C8H10ClN3O3S2/c1-5(4-13)11-17(14,15)7-6(9)10-8-12(7)2-3-16-8/h2-3,5,11,13H,4H2,1H3. The van der Waals surface area contributed by atoms with Crippen LogP contribution in [0.3, 0.4) is 0 Å². The van der Waals surface area contributed by atoms with Gasteiger partial charge in [-0.15, -0.1) is 11.3 Å². The Kier molecular flexibility index (Phi) is 3.41. The third-order valence-corrected chi connectivity index (χ3v) is 4.81. The maximum Gasteiger partial charge on any atom is 0.260 e. The zero-order chi connectivity index (χ0) is 12.6. The van der Waals surface area contributed by atoms with Gasteiger partial charge in [-0.05, 0) is 6.92 Å². The van der Waals surface area contributed by atoms with E-state index in [0.717, 1.165) is 0 Å². The quantitative estimate of drug-likeness (QED) is 0.870. The van der Waals surface area contributed by atoms with Crippen molar-refractivity contribution in [2.75, 3.05) is 6.61 Å². The molecule has 2 aromatic rings. The summed E-state index contributed by atoms with van der Waals surface area (Å²) in [5, 5.41) is 10.4. The fourth-order valence-corrected chi connectivity index (χ4v) is 4.02. The van der Waals surface area contributed by atoms with Crippen LogP contribution in [0.25, 0.3) is 4.96 Å². The number of rotatable bonds is 4. The van der Waals surface area contributed by atoms with Crippen LogP contribution in [0.1, 0.15) is 6.92 Å². The minimum absolute atomic E-state index is 0.0745. The first-order valence-corrected chi connectivity index (χ1v) is 7.44. The summed E-state index contributed by atoms with van der Waals surface area (Å²) in [5.74, 6) is 0. The number of aromatic nitrogens is 2. The topological polar surface area (TPSA) is 83.7 Å². The van der Waals surface area contributed by atoms with E-state index in [1.807, 2.05) is 0 Å². The Bertz CT molecular complexity index is 634. The molecule has 2 N–H and O–H groups in total. The first-order valence-electron chi connectivity index (χ1n) is 4.70. The number of thiazole rings is 1. The second kappa shape index (κ2) is 4.54. The van der Waals surface area contributed by atoms with Gasteiger partial charge in [0.2, 0.25) is 0 Å². The van der Waals surface area contributed by atoms with Gasteiger partial charge >= 0.3 is 0 Å². The molecule has 2 rings (SSSR count). The maximum atomic E-state index is 12.0. The van der Waals surface area contributed by atoms with Crippen molar-refractivity contribution in [3.8, 4) is 0 Å². The van der Waals surface area contributed by atoms with Gasteiger partial charge in [0.1, 0.15) is 0 Å². The highest BCUT2D eigenvalue weighted by Crippen LogP contribution is 2.25. The van der Waals surface area contributed by atoms with Crippen LogP contribution in [0, 0.1) is 0 Å². The highest BCUT2D eigenvalue weighted by Gasteiger charge is 2.26. The minimum Gasteiger partial charge on any atom is -0.395 e. The molecule has 6 nitrogen and oxygen atoms in total. The molecule has 2 aromatic heterocycles. The summed E-state index contributed by atoms with van der Waals surface area (Å²) in [6, 6.07) is -0.583. The van der Waals surface area contributed by atoms with Gasteiger partial charge in [0.15, 0.2) is 15.1 Å². The van der Waals surface area contributed by atoms with E-state index in [9.17, 15) is 8.42 Å². The Hall–Kier alpha value is -0.670. The normalized spacial score (nSPS) is 14.3. The number of nitrogens with zero attached hydrogens (tertiary/aromatic N) is 2. The van der Waals surface area contributed by atoms with Crippen LogP contribution in [0.15, 0.2) is 16.6 Å². The van der Waals surface area contributed by atoms with Crippen molar-refractivity contribution in [1.29, 1.82) is 0 Å². The molecule has 0 saturated heterocycles. The van der Waals surface area contributed by atoms with Gasteiger partial charge in [0.05, 0.1) is 6.61 Å². The van der Waals surface area contributed by atoms with Gasteiger partial charge in [0.25, 0.3) is 10.0 Å². The predicted molar refractivity (Wildman–Crippen MR) is 64.9 cm³/mol. The van der Waals surface area contributed by atoms with E-state index in [1.54, 1.807) is 18.5 Å². The van der Waals surface area contributed by atoms with E-state index in [1.165, 1.54) is 15.7 Å². The summed E-state index contributed by atoms with van der Waals surface area (Å²) in [6.45, 7) is 1.26. The van der Waals surface area contributed by atoms with Crippen molar-refractivity contribution >= 4 is 37.9 Å². The molecule has 17 heavy (non-hydrogen) atoms. The Morgan fingerprint density at radius 3 is 3.06 bits per heavy atom. The van der Waals surface area contributed by atoms with E-state index in [0.29, 0.717) is 4.96 Å². The lowest BCUT2D eigenvalue weighted by atomic mass is 10.4. The Balaban J connectivity index is 2.51. The number of halogens is 1. The minimum atomic E-state index is -3.79. The fourth-order valence-electron chi connectivity index (χ4n) is 1.34. The second-order valence-corrected chi connectivity index (χ2v) is 6.33. The molecule has 0 aliphatic rings. The highest BCUT2D eigenvalue weighted by molar-refractivity contribution is 7.89. The Morgan fingerprint density at radius 2 is 2.41 bits per heavy atom. The molecule has 0 aliphatic heterocycles. The molecule has 0 amide bonds. The van der Waals surface area contributed by atoms with Gasteiger partial charge in [0, 0.05) is 17.6 Å². The summed E-state index contributed by atoms with van der Waals surface area (Å²) in [7, 11) is -3.79. The number of fused-ring (bicyclic) bond motifs is 1. The van der Waals surface area contributed by atoms with E-state index < -0.39 is 16.1 Å². The number of hydrogen-bond acceptors (Lipinski definition) is 5. The fraction of sp³-hybridized carbons (Fsp3) is 0.375. The lowest BCUT2D eigenvalue weighted by molar-refractivity contribution is 0.265. The number of aliphatic hydroxyl groups is 1. The van der Waals surface area contributed by atoms with Crippen LogP contribution in [0.2, 0.25) is 5.15 Å². The Morgan fingerprint density at radius 1 is 1.71 bits per heavy atom. The molecule has 0 saturated carbocycles. The largest absolute Gasteiger partial charge is 0.395 e. The zero-order valence-corrected chi connectivity index (χ0v) is 11.2. The van der Waals surface area contributed by atoms with Crippen LogP contribution >= 0.6 is 22.9 Å². The number of aliphatic hydroxyl groups excluding tert-OH is 1. The number of nitrogens with one attached hydrogen (secondary N) is 1. The second-order valence-electron chi connectivity index (χ2n) is 3.47. The van der Waals surface area contributed by atoms with Crippen LogP contribution < -0.4 is 4.72 Å². The summed E-state index contributed by atoms with van der Waals surface area (Å²) in [6.07, 6.45) is 1.58. The molecule has 0 radical (unpaired) electrons. The highest BCUT2D eigenvalue weighted by atomic mass is 35.5. The SMILES string of the molecule is CC(CO)NS(=O)(=O)c1c(Cl)nc2sccn12. The summed E-state index contributed by atoms with van der Waals surface area (Å²) >= 11 is 7.10. The van der Waals surface area contributed by atoms with Crippen molar-refractivity contribution in [2.24, 2.45) is 0 Å². The van der Waals surface area contributed by atoms with Crippen molar-refractivity contribution in [1.82, 2.24) is 14.1 Å². The van der Waals surface area contributed by atoms with Gasteiger partial charge in [-0.2, -0.15) is 0 Å². The average Bonchev–Trinajstić information content (AvgIpc) is 2.75. The number of sulfonamides is 1. The lowest BCUT2D eigenvalue weighted by Crippen LogP contribution is -2.35. The lowest BCUT2D eigenvalue weighted by Gasteiger charge is -2.10. The third kappa shape index (κ3) is 2.31. The third-order valence-electron chi connectivity index (χ3n) is 2.06. The predicted octanol–water partition coefficient (Wildman–Crippen LogP) is 0.708. The van der Waals surface area contributed by atoms with Gasteiger partial charge < -0.3 is 5.11 Å². The smallest absolute Gasteiger partial charge is 0.260 e. The molecule has 9 heteroatoms. The Labute approximate surface area is 107 Å². The van der Waals surface area contributed by atoms with Crippen LogP contribution in [0.4, 0.5) is 0 Å². The van der Waals surface area contributed by atoms with Gasteiger partial charge in [-0.25, -0.2) is 18.1 Å². The van der Waals surface area contributed by atoms with Crippen molar-refractivity contribution in [3.05, 3.63) is 16.7 Å². The zero-order valence-electron chi connectivity index (χ0n) is 8.79. The molecule has 0 bridgehead atoms. The monoisotopic (exact) mass is 295 g/mol. The first kappa shape index (κ1) is 12.8. The average molecular weight is 296 g/mol. The molecule has 1 atom stereocenters. The number of imidazole rings is 1. The maximum absolute atomic E-state index is 12.0. The van der Waals surface area contributed by atoms with E-state index in [4.69, 9.17) is 16.7 Å². The molecule has 0 spiro atoms. The molecule has 94 valence electrons. The van der Waals surface area contributed by atoms with Crippen molar-refractivity contribution < 1.29 is 13.5 Å². The molecule has 2 heterocycles. The summed E-state index contributed by atoms with van der Waals surface area (Å²) < 4.78 is 27.8. The van der Waals surface area contributed by atoms with Crippen molar-refractivity contribution in [2.45, 2.75) is 18.0 Å². The molecule has 0 aliphatic carbocycles. The number of hydrogen-bond donors (Lipinski definition) is 2. The summed E-state index contributed by atoms with van der Waals surface area (Å²) in [4.78, 5) is 4.44. The van der Waals surface area contributed by atoms with Crippen LogP contribution in [0.5, 0.6) is 0 Å². The molecule has 0 aromatic carbocycles. The molecule has 1 unspecified atom stereocenters. The molecular formula is C8H10ClN3O3S2. The van der Waals surface area contributed by atoms with E-state index >= 15 is 0 Å². The van der Waals surface area contributed by atoms with Crippen LogP contribution in [-0.2, 0) is 10.0 Å². The van der Waals surface area contributed by atoms with Crippen LogP contribution in [-0.4, -0.2) is 35.6 Å². The van der Waals surface area contributed by atoms with E-state index in [-0.39, 0.29) is 16.8 Å². The van der Waals surface area contributed by atoms with E-state index in [2.05, 4.69) is 9.71 Å². The molecule has 0 fully saturated rings. The van der Waals surface area contributed by atoms with Gasteiger partial charge in [-0.1, -0.05) is 11.6 Å². The van der Waals surface area contributed by atoms with Gasteiger partial charge in [-0.3, -0.25) is 4.40 Å².